The van der Waals surface area contributed by atoms with E-state index in [1.165, 1.54) is 0 Å². The van der Waals surface area contributed by atoms with Gasteiger partial charge in [0.25, 0.3) is 5.24 Å². The number of carbonyl (C=O) groups excluding carboxylic acids is 2. The first-order valence-electron chi connectivity index (χ1n) is 8.48. The van der Waals surface area contributed by atoms with Crippen molar-refractivity contribution in [2.24, 2.45) is 0 Å². The van der Waals surface area contributed by atoms with Crippen molar-refractivity contribution in [3.63, 3.8) is 0 Å². The van der Waals surface area contributed by atoms with Gasteiger partial charge in [0.2, 0.25) is 11.8 Å². The van der Waals surface area contributed by atoms with Gasteiger partial charge in [-0.05, 0) is 41.6 Å². The number of thioether (sulfide) groups is 1. The Kier molecular flexibility index (Phi) is 5.08. The summed E-state index contributed by atoms with van der Waals surface area (Å²) in [5, 5.41) is 4.72. The quantitative estimate of drug-likeness (QED) is 0.606. The van der Waals surface area contributed by atoms with Crippen molar-refractivity contribution in [1.29, 1.82) is 0 Å². The first-order chi connectivity index (χ1) is 13.2. The van der Waals surface area contributed by atoms with Gasteiger partial charge < -0.3 is 14.5 Å². The van der Waals surface area contributed by atoms with Crippen LogP contribution in [0.1, 0.15) is 16.7 Å². The molecule has 0 saturated carbocycles. The number of oxazole rings is 1. The molecule has 1 fully saturated rings. The molecule has 1 unspecified atom stereocenters. The van der Waals surface area contributed by atoms with Gasteiger partial charge in [0.05, 0.1) is 6.54 Å². The van der Waals surface area contributed by atoms with Gasteiger partial charge in [-0.3, -0.25) is 14.9 Å². The SMILES string of the molecule is O=C1NC(=O)C(c2ccc(OCCNCc3nc4ccccc4o3)cc2)S1. The van der Waals surface area contributed by atoms with Crippen LogP contribution in [0.3, 0.4) is 0 Å². The number of hydrogen-bond donors (Lipinski definition) is 2. The average molecular weight is 383 g/mol. The Labute approximate surface area is 159 Å². The number of imide groups is 1. The minimum absolute atomic E-state index is 0.276. The van der Waals surface area contributed by atoms with Crippen molar-refractivity contribution in [1.82, 2.24) is 15.6 Å². The third kappa shape index (κ3) is 4.12. The van der Waals surface area contributed by atoms with Crippen LogP contribution in [0.15, 0.2) is 52.9 Å². The molecule has 0 aliphatic carbocycles. The molecule has 138 valence electrons. The molecule has 2 heterocycles. The Bertz CT molecular complexity index is 938. The maximum atomic E-state index is 11.7. The van der Waals surface area contributed by atoms with Gasteiger partial charge in [0.15, 0.2) is 5.58 Å². The minimum Gasteiger partial charge on any atom is -0.492 e. The van der Waals surface area contributed by atoms with E-state index in [2.05, 4.69) is 15.6 Å². The fraction of sp³-hybridized carbons (Fsp3) is 0.211. The summed E-state index contributed by atoms with van der Waals surface area (Å²) in [5.74, 6) is 1.07. The maximum Gasteiger partial charge on any atom is 0.286 e. The number of carbonyl (C=O) groups is 2. The zero-order valence-electron chi connectivity index (χ0n) is 14.3. The van der Waals surface area contributed by atoms with Gasteiger partial charge >= 0.3 is 0 Å². The van der Waals surface area contributed by atoms with Gasteiger partial charge in [0, 0.05) is 6.54 Å². The monoisotopic (exact) mass is 383 g/mol. The maximum absolute atomic E-state index is 11.7. The summed E-state index contributed by atoms with van der Waals surface area (Å²) in [7, 11) is 0. The van der Waals surface area contributed by atoms with Crippen LogP contribution >= 0.6 is 11.8 Å². The number of ether oxygens (including phenoxy) is 1. The number of amides is 2. The second kappa shape index (κ2) is 7.81. The van der Waals surface area contributed by atoms with Gasteiger partial charge in [-0.15, -0.1) is 0 Å². The van der Waals surface area contributed by atoms with E-state index in [1.54, 1.807) is 24.3 Å². The molecule has 0 radical (unpaired) electrons. The second-order valence-corrected chi connectivity index (χ2v) is 7.02. The van der Waals surface area contributed by atoms with Crippen LogP contribution in [0.5, 0.6) is 5.75 Å². The molecular weight excluding hydrogens is 366 g/mol. The molecule has 1 aromatic heterocycles. The molecule has 2 amide bonds. The molecule has 1 atom stereocenters. The number of para-hydroxylation sites is 2. The fourth-order valence-corrected chi connectivity index (χ4v) is 3.58. The Morgan fingerprint density at radius 3 is 2.70 bits per heavy atom. The molecule has 7 nitrogen and oxygen atoms in total. The lowest BCUT2D eigenvalue weighted by Gasteiger charge is -2.09. The summed E-state index contributed by atoms with van der Waals surface area (Å²) in [4.78, 5) is 27.3. The predicted molar refractivity (Wildman–Crippen MR) is 102 cm³/mol. The zero-order chi connectivity index (χ0) is 18.6. The van der Waals surface area contributed by atoms with Gasteiger partial charge in [-0.25, -0.2) is 4.98 Å². The molecule has 1 saturated heterocycles. The predicted octanol–water partition coefficient (Wildman–Crippen LogP) is 3.02. The van der Waals surface area contributed by atoms with Crippen molar-refractivity contribution >= 4 is 34.0 Å². The summed E-state index contributed by atoms with van der Waals surface area (Å²) >= 11 is 0.991. The first kappa shape index (κ1) is 17.6. The van der Waals surface area contributed by atoms with Crippen LogP contribution in [-0.2, 0) is 11.3 Å². The zero-order valence-corrected chi connectivity index (χ0v) is 15.1. The van der Waals surface area contributed by atoms with E-state index in [1.807, 2.05) is 24.3 Å². The van der Waals surface area contributed by atoms with Crippen molar-refractivity contribution in [2.75, 3.05) is 13.2 Å². The summed E-state index contributed by atoms with van der Waals surface area (Å²) < 4.78 is 11.3. The number of nitrogens with zero attached hydrogens (tertiary/aromatic N) is 1. The smallest absolute Gasteiger partial charge is 0.286 e. The standard InChI is InChI=1S/C19H17N3O4S/c23-18-17(27-19(24)22-18)12-5-7-13(8-6-12)25-10-9-20-11-16-21-14-3-1-2-4-15(14)26-16/h1-8,17,20H,9-11H2,(H,22,23,24). The Morgan fingerprint density at radius 1 is 1.15 bits per heavy atom. The highest BCUT2D eigenvalue weighted by Crippen LogP contribution is 2.34. The van der Waals surface area contributed by atoms with E-state index in [0.29, 0.717) is 31.3 Å². The first-order valence-corrected chi connectivity index (χ1v) is 9.36. The molecule has 3 aromatic rings. The van der Waals surface area contributed by atoms with E-state index < -0.39 is 5.25 Å². The molecule has 27 heavy (non-hydrogen) atoms. The normalized spacial score (nSPS) is 16.7. The number of hydrogen-bond acceptors (Lipinski definition) is 7. The molecule has 1 aliphatic rings. The molecular formula is C19H17N3O4S. The molecule has 8 heteroatoms. The topological polar surface area (TPSA) is 93.5 Å². The van der Waals surface area contributed by atoms with Crippen molar-refractivity contribution < 1.29 is 18.7 Å². The van der Waals surface area contributed by atoms with Gasteiger partial charge in [-0.2, -0.15) is 0 Å². The number of aromatic nitrogens is 1. The Morgan fingerprint density at radius 2 is 1.96 bits per heavy atom. The highest BCUT2D eigenvalue weighted by Gasteiger charge is 2.32. The Balaban J connectivity index is 1.22. The van der Waals surface area contributed by atoms with Crippen molar-refractivity contribution in [2.45, 2.75) is 11.8 Å². The molecule has 2 aromatic carbocycles. The van der Waals surface area contributed by atoms with Crippen LogP contribution in [0, 0.1) is 0 Å². The highest BCUT2D eigenvalue weighted by molar-refractivity contribution is 8.15. The largest absolute Gasteiger partial charge is 0.492 e. The number of fused-ring (bicyclic) bond motifs is 1. The summed E-state index contributed by atoms with van der Waals surface area (Å²) in [6.07, 6.45) is 0. The lowest BCUT2D eigenvalue weighted by molar-refractivity contribution is -0.119. The van der Waals surface area contributed by atoms with Gasteiger partial charge in [0.1, 0.15) is 23.1 Å². The lowest BCUT2D eigenvalue weighted by Crippen LogP contribution is -2.21. The van der Waals surface area contributed by atoms with E-state index in [-0.39, 0.29) is 11.1 Å². The minimum atomic E-state index is -0.482. The Hall–Kier alpha value is -2.84. The van der Waals surface area contributed by atoms with E-state index in [0.717, 1.165) is 28.4 Å². The number of benzene rings is 2. The van der Waals surface area contributed by atoms with Crippen LogP contribution in [0.4, 0.5) is 4.79 Å². The van der Waals surface area contributed by atoms with Crippen LogP contribution < -0.4 is 15.4 Å². The van der Waals surface area contributed by atoms with Crippen LogP contribution in [0.25, 0.3) is 11.1 Å². The van der Waals surface area contributed by atoms with Gasteiger partial charge in [-0.1, -0.05) is 24.3 Å². The van der Waals surface area contributed by atoms with Crippen molar-refractivity contribution in [3.8, 4) is 5.75 Å². The molecule has 0 spiro atoms. The summed E-state index contributed by atoms with van der Waals surface area (Å²) in [6.45, 7) is 1.64. The fourth-order valence-electron chi connectivity index (χ4n) is 2.75. The molecule has 2 N–H and O–H groups in total. The third-order valence-corrected chi connectivity index (χ3v) is 5.07. The lowest BCUT2D eigenvalue weighted by atomic mass is 10.1. The average Bonchev–Trinajstić information content (AvgIpc) is 3.24. The van der Waals surface area contributed by atoms with E-state index >= 15 is 0 Å². The molecule has 4 rings (SSSR count). The third-order valence-electron chi connectivity index (χ3n) is 4.03. The summed E-state index contributed by atoms with van der Waals surface area (Å²) in [6, 6.07) is 14.9. The van der Waals surface area contributed by atoms with Crippen LogP contribution in [0.2, 0.25) is 0 Å². The highest BCUT2D eigenvalue weighted by atomic mass is 32.2. The van der Waals surface area contributed by atoms with Crippen molar-refractivity contribution in [3.05, 3.63) is 60.0 Å². The van der Waals surface area contributed by atoms with E-state index in [4.69, 9.17) is 9.15 Å². The molecule has 0 bridgehead atoms. The van der Waals surface area contributed by atoms with E-state index in [9.17, 15) is 9.59 Å². The number of nitrogens with one attached hydrogen (secondary N) is 2. The number of rotatable bonds is 7. The summed E-state index contributed by atoms with van der Waals surface area (Å²) in [5.41, 5.74) is 2.41. The second-order valence-electron chi connectivity index (χ2n) is 5.94. The van der Waals surface area contributed by atoms with Crippen LogP contribution in [-0.4, -0.2) is 29.3 Å². The molecule has 1 aliphatic heterocycles.